The fourth-order valence-corrected chi connectivity index (χ4v) is 3.86. The number of esters is 1. The van der Waals surface area contributed by atoms with Crippen LogP contribution in [0.4, 0.5) is 5.82 Å². The molecular weight excluding hydrogens is 380 g/mol. The van der Waals surface area contributed by atoms with E-state index in [9.17, 15) is 4.79 Å². The van der Waals surface area contributed by atoms with E-state index in [-0.39, 0.29) is 5.97 Å². The van der Waals surface area contributed by atoms with Gasteiger partial charge in [-0.1, -0.05) is 24.3 Å². The molecule has 0 spiro atoms. The molecule has 30 heavy (non-hydrogen) atoms. The third-order valence-electron chi connectivity index (χ3n) is 5.59. The molecule has 3 heterocycles. The van der Waals surface area contributed by atoms with Gasteiger partial charge in [-0.25, -0.2) is 19.7 Å². The average Bonchev–Trinajstić information content (AvgIpc) is 3.18. The molecule has 1 aromatic carbocycles. The number of rotatable bonds is 6. The summed E-state index contributed by atoms with van der Waals surface area (Å²) in [5.74, 6) is 0.683. The number of fused-ring (bicyclic) bond motifs is 1. The van der Waals surface area contributed by atoms with Gasteiger partial charge < -0.3 is 15.0 Å². The quantitative estimate of drug-likeness (QED) is 0.496. The minimum Gasteiger partial charge on any atom is -0.466 e. The lowest BCUT2D eigenvalue weighted by Crippen LogP contribution is -2.34. The molecule has 0 amide bonds. The van der Waals surface area contributed by atoms with Gasteiger partial charge in [-0.05, 0) is 49.1 Å². The first-order valence-corrected chi connectivity index (χ1v) is 10.1. The van der Waals surface area contributed by atoms with Crippen molar-refractivity contribution >= 4 is 29.0 Å². The number of methoxy groups -OCH3 is 1. The van der Waals surface area contributed by atoms with Crippen LogP contribution in [0.5, 0.6) is 0 Å². The predicted molar refractivity (Wildman–Crippen MR) is 115 cm³/mol. The second-order valence-corrected chi connectivity index (χ2v) is 7.65. The van der Waals surface area contributed by atoms with Crippen molar-refractivity contribution in [2.45, 2.75) is 25.9 Å². The number of anilines is 1. The molecular formula is C22H26N6O2. The summed E-state index contributed by atoms with van der Waals surface area (Å²) in [4.78, 5) is 26.4. The number of hydrogen-bond donors (Lipinski definition) is 1. The number of piperidine rings is 1. The van der Waals surface area contributed by atoms with Gasteiger partial charge in [0.25, 0.3) is 0 Å². The Morgan fingerprint density at radius 3 is 2.70 bits per heavy atom. The van der Waals surface area contributed by atoms with E-state index in [0.29, 0.717) is 17.3 Å². The van der Waals surface area contributed by atoms with E-state index in [0.717, 1.165) is 50.2 Å². The molecule has 3 aromatic rings. The first-order chi connectivity index (χ1) is 14.6. The maximum atomic E-state index is 11.2. The largest absolute Gasteiger partial charge is 0.466 e. The zero-order valence-electron chi connectivity index (χ0n) is 17.1. The lowest BCUT2D eigenvalue weighted by molar-refractivity contribution is -0.134. The van der Waals surface area contributed by atoms with E-state index in [2.05, 4.69) is 41.3 Å². The summed E-state index contributed by atoms with van der Waals surface area (Å²) in [5, 5.41) is 0. The van der Waals surface area contributed by atoms with Gasteiger partial charge in [0.1, 0.15) is 11.8 Å². The van der Waals surface area contributed by atoms with Gasteiger partial charge in [0.2, 0.25) is 0 Å². The molecule has 0 unspecified atom stereocenters. The van der Waals surface area contributed by atoms with E-state index in [4.69, 9.17) is 5.73 Å². The van der Waals surface area contributed by atoms with Crippen molar-refractivity contribution in [3.63, 3.8) is 0 Å². The van der Waals surface area contributed by atoms with Gasteiger partial charge in [-0.15, -0.1) is 0 Å². The second kappa shape index (κ2) is 9.04. The van der Waals surface area contributed by atoms with Crippen molar-refractivity contribution in [2.24, 2.45) is 5.92 Å². The Hall–Kier alpha value is -3.26. The van der Waals surface area contributed by atoms with Gasteiger partial charge in [-0.3, -0.25) is 4.90 Å². The number of nitrogen functional groups attached to an aromatic ring is 1. The smallest absolute Gasteiger partial charge is 0.330 e. The Morgan fingerprint density at radius 2 is 1.97 bits per heavy atom. The van der Waals surface area contributed by atoms with Crippen molar-refractivity contribution in [1.29, 1.82) is 0 Å². The monoisotopic (exact) mass is 406 g/mol. The van der Waals surface area contributed by atoms with Crippen molar-refractivity contribution in [3.8, 4) is 0 Å². The third kappa shape index (κ3) is 4.65. The van der Waals surface area contributed by atoms with Crippen molar-refractivity contribution < 1.29 is 9.53 Å². The normalized spacial score (nSPS) is 15.8. The van der Waals surface area contributed by atoms with Crippen molar-refractivity contribution in [3.05, 3.63) is 54.1 Å². The fourth-order valence-electron chi connectivity index (χ4n) is 3.86. The Labute approximate surface area is 175 Å². The second-order valence-electron chi connectivity index (χ2n) is 7.65. The maximum absolute atomic E-state index is 11.2. The lowest BCUT2D eigenvalue weighted by atomic mass is 9.96. The number of nitrogens with two attached hydrogens (primary N) is 1. The minimum atomic E-state index is -0.346. The number of carbonyl (C=O) groups is 1. The van der Waals surface area contributed by atoms with Gasteiger partial charge in [0, 0.05) is 19.2 Å². The van der Waals surface area contributed by atoms with Crippen LogP contribution in [0.3, 0.4) is 0 Å². The molecule has 4 rings (SSSR count). The summed E-state index contributed by atoms with van der Waals surface area (Å²) in [5.41, 5.74) is 9.63. The highest BCUT2D eigenvalue weighted by Gasteiger charge is 2.21. The molecule has 0 aliphatic carbocycles. The summed E-state index contributed by atoms with van der Waals surface area (Å²) >= 11 is 0. The lowest BCUT2D eigenvalue weighted by Gasteiger charge is -2.32. The van der Waals surface area contributed by atoms with Crippen LogP contribution in [0, 0.1) is 5.92 Å². The molecule has 156 valence electrons. The van der Waals surface area contributed by atoms with E-state index >= 15 is 0 Å². The number of imidazole rings is 1. The van der Waals surface area contributed by atoms with E-state index in [1.165, 1.54) is 25.1 Å². The summed E-state index contributed by atoms with van der Waals surface area (Å²) in [6.45, 7) is 3.98. The summed E-state index contributed by atoms with van der Waals surface area (Å²) in [6.07, 6.45) is 8.79. The molecule has 2 aromatic heterocycles. The SMILES string of the molecule is COC(=O)/C=C/c1ccc(CN2CCC(Cn3cnc4c(N)ncnc43)CC2)cc1. The molecule has 1 fully saturated rings. The Kier molecular flexibility index (Phi) is 6.04. The number of nitrogens with zero attached hydrogens (tertiary/aromatic N) is 5. The highest BCUT2D eigenvalue weighted by atomic mass is 16.5. The molecule has 8 nitrogen and oxygen atoms in total. The third-order valence-corrected chi connectivity index (χ3v) is 5.59. The zero-order valence-corrected chi connectivity index (χ0v) is 17.1. The molecule has 0 saturated carbocycles. The molecule has 0 bridgehead atoms. The highest BCUT2D eigenvalue weighted by molar-refractivity contribution is 5.86. The molecule has 1 saturated heterocycles. The number of hydrogen-bond acceptors (Lipinski definition) is 7. The summed E-state index contributed by atoms with van der Waals surface area (Å²) < 4.78 is 6.71. The molecule has 8 heteroatoms. The number of aromatic nitrogens is 4. The van der Waals surface area contributed by atoms with E-state index < -0.39 is 0 Å². The fraction of sp³-hybridized carbons (Fsp3) is 0.364. The van der Waals surface area contributed by atoms with Crippen LogP contribution < -0.4 is 5.73 Å². The topological polar surface area (TPSA) is 99.2 Å². The Bertz CT molecular complexity index is 1040. The van der Waals surface area contributed by atoms with Crippen LogP contribution in [-0.4, -0.2) is 50.6 Å². The van der Waals surface area contributed by atoms with Gasteiger partial charge in [-0.2, -0.15) is 0 Å². The van der Waals surface area contributed by atoms with Crippen LogP contribution in [0.2, 0.25) is 0 Å². The van der Waals surface area contributed by atoms with Crippen molar-refractivity contribution in [2.75, 3.05) is 25.9 Å². The standard InChI is InChI=1S/C22H26N6O2/c1-30-19(29)7-6-16-2-4-17(5-3-16)12-27-10-8-18(9-11-27)13-28-15-26-20-21(23)24-14-25-22(20)28/h2-7,14-15,18H,8-13H2,1H3,(H2,23,24,25)/b7-6+. The summed E-state index contributed by atoms with van der Waals surface area (Å²) in [7, 11) is 1.38. The van der Waals surface area contributed by atoms with Crippen LogP contribution in [-0.2, 0) is 22.6 Å². The van der Waals surface area contributed by atoms with Crippen LogP contribution in [0.1, 0.15) is 24.0 Å². The Morgan fingerprint density at radius 1 is 1.20 bits per heavy atom. The molecule has 1 aliphatic rings. The minimum absolute atomic E-state index is 0.346. The van der Waals surface area contributed by atoms with Crippen LogP contribution in [0.25, 0.3) is 17.2 Å². The van der Waals surface area contributed by atoms with E-state index in [1.807, 2.05) is 18.5 Å². The van der Waals surface area contributed by atoms with Gasteiger partial charge in [0.05, 0.1) is 13.4 Å². The maximum Gasteiger partial charge on any atom is 0.330 e. The average molecular weight is 406 g/mol. The van der Waals surface area contributed by atoms with Crippen molar-refractivity contribution in [1.82, 2.24) is 24.4 Å². The molecule has 0 atom stereocenters. The first-order valence-electron chi connectivity index (χ1n) is 10.1. The van der Waals surface area contributed by atoms with Crippen LogP contribution >= 0.6 is 0 Å². The predicted octanol–water partition coefficient (Wildman–Crippen LogP) is 2.51. The number of benzene rings is 1. The molecule has 0 radical (unpaired) electrons. The molecule has 1 aliphatic heterocycles. The molecule has 2 N–H and O–H groups in total. The highest BCUT2D eigenvalue weighted by Crippen LogP contribution is 2.23. The Balaban J connectivity index is 1.29. The summed E-state index contributed by atoms with van der Waals surface area (Å²) in [6, 6.07) is 8.29. The van der Waals surface area contributed by atoms with Crippen LogP contribution in [0.15, 0.2) is 43.0 Å². The number of carbonyl (C=O) groups excluding carboxylic acids is 1. The van der Waals surface area contributed by atoms with Gasteiger partial charge >= 0.3 is 5.97 Å². The number of ether oxygens (including phenoxy) is 1. The van der Waals surface area contributed by atoms with Gasteiger partial charge in [0.15, 0.2) is 11.5 Å². The first kappa shape index (κ1) is 20.0. The van der Waals surface area contributed by atoms with E-state index in [1.54, 1.807) is 6.08 Å². The zero-order chi connectivity index (χ0) is 20.9. The number of likely N-dealkylation sites (tertiary alicyclic amines) is 1.